The lowest BCUT2D eigenvalue weighted by atomic mass is 9.69. The number of amides is 5. The molecule has 5 amide bonds. The van der Waals surface area contributed by atoms with Crippen LogP contribution in [0.2, 0.25) is 0 Å². The van der Waals surface area contributed by atoms with Gasteiger partial charge in [0.05, 0.1) is 13.2 Å². The van der Waals surface area contributed by atoms with Crippen molar-refractivity contribution in [2.24, 2.45) is 62.9 Å². The maximum Gasteiger partial charge on any atom is 0.408 e. The van der Waals surface area contributed by atoms with Crippen molar-refractivity contribution in [3.05, 3.63) is 0 Å². The number of esters is 2. The number of nitrogens with zero attached hydrogens (tertiary/aromatic N) is 2. The van der Waals surface area contributed by atoms with Gasteiger partial charge in [0.15, 0.2) is 0 Å². The smallest absolute Gasteiger partial charge is 0.408 e. The van der Waals surface area contributed by atoms with Gasteiger partial charge in [-0.25, -0.2) is 19.2 Å². The fourth-order valence-corrected chi connectivity index (χ4v) is 11.7. The van der Waals surface area contributed by atoms with Crippen LogP contribution in [-0.4, -0.2) is 135 Å². The fraction of sp³-hybridized carbons (Fsp3) is 0.855. The van der Waals surface area contributed by atoms with Crippen molar-refractivity contribution in [1.29, 1.82) is 0 Å². The van der Waals surface area contributed by atoms with E-state index >= 15 is 0 Å². The lowest BCUT2D eigenvalue weighted by Crippen LogP contribution is -2.66. The van der Waals surface area contributed by atoms with Gasteiger partial charge in [-0.05, 0) is 132 Å². The number of hydrogen-bond donors (Lipinski definition) is 5. The van der Waals surface area contributed by atoms with Gasteiger partial charge in [-0.15, -0.1) is 0 Å². The molecule has 8 atom stereocenters. The van der Waals surface area contributed by atoms with Crippen LogP contribution in [0.1, 0.15) is 172 Å². The third-order valence-corrected chi connectivity index (χ3v) is 15.6. The van der Waals surface area contributed by atoms with Crippen molar-refractivity contribution >= 4 is 47.8 Å². The predicted octanol–water partition coefficient (Wildman–Crippen LogP) is 7.06. The summed E-state index contributed by atoms with van der Waals surface area (Å²) in [6.45, 7) is 39.1. The van der Waals surface area contributed by atoms with E-state index in [9.17, 15) is 43.5 Å². The zero-order valence-corrected chi connectivity index (χ0v) is 47.7. The molecule has 6 aliphatic rings. The lowest BCUT2D eigenvalue weighted by molar-refractivity contribution is -0.161. The van der Waals surface area contributed by atoms with E-state index in [1.165, 1.54) is 4.90 Å². The second-order valence-electron chi connectivity index (χ2n) is 27.2. The number of carbonyl (C=O) groups excluding carboxylic acids is 7. The third-order valence-electron chi connectivity index (χ3n) is 15.6. The minimum absolute atomic E-state index is 0. The number of ether oxygens (including phenoxy) is 4. The number of likely N-dealkylation sites (tertiary alicyclic amines) is 2. The molecule has 0 radical (unpaired) electrons. The highest BCUT2D eigenvalue weighted by atomic mass is 16.6. The molecule has 424 valence electrons. The van der Waals surface area contributed by atoms with E-state index in [1.807, 2.05) is 62.3 Å². The van der Waals surface area contributed by atoms with E-state index in [0.29, 0.717) is 44.4 Å². The van der Waals surface area contributed by atoms with Gasteiger partial charge in [-0.2, -0.15) is 0 Å². The highest BCUT2D eigenvalue weighted by Crippen LogP contribution is 2.66. The Morgan fingerprint density at radius 1 is 0.608 bits per heavy atom. The average molecular weight is 1050 g/mol. The summed E-state index contributed by atoms with van der Waals surface area (Å²) in [5.41, 5.74) is 1.31. The van der Waals surface area contributed by atoms with Gasteiger partial charge in [0, 0.05) is 19.0 Å². The number of nitrogens with one attached hydrogen (secondary N) is 3. The summed E-state index contributed by atoms with van der Waals surface area (Å²) >= 11 is 0. The van der Waals surface area contributed by atoms with E-state index in [4.69, 9.17) is 24.7 Å². The van der Waals surface area contributed by atoms with Crippen LogP contribution in [0.3, 0.4) is 0 Å². The molecule has 0 aromatic carbocycles. The predicted molar refractivity (Wildman–Crippen MR) is 280 cm³/mol. The van der Waals surface area contributed by atoms with E-state index in [0.717, 1.165) is 12.8 Å². The number of aliphatic carboxylic acids is 1. The molecule has 2 heterocycles. The van der Waals surface area contributed by atoms with Crippen LogP contribution in [0.4, 0.5) is 9.59 Å². The molecule has 4 aliphatic carbocycles. The minimum atomic E-state index is -1.05. The normalized spacial score (nSPS) is 30.6. The molecular weight excluding hydrogens is 953 g/mol. The van der Waals surface area contributed by atoms with E-state index in [-0.39, 0.29) is 72.2 Å². The summed E-state index contributed by atoms with van der Waals surface area (Å²) < 4.78 is 20.8. The van der Waals surface area contributed by atoms with Gasteiger partial charge in [-0.1, -0.05) is 90.5 Å². The van der Waals surface area contributed by atoms with E-state index in [2.05, 4.69) is 36.7 Å². The first kappa shape index (κ1) is 63.6. The number of carbonyl (C=O) groups is 8. The largest absolute Gasteiger partial charge is 0.480 e. The number of hydrogen-bond acceptors (Lipinski definition) is 13. The van der Waals surface area contributed by atoms with Gasteiger partial charge in [0.25, 0.3) is 0 Å². The first-order valence-corrected chi connectivity index (χ1v) is 26.3. The van der Waals surface area contributed by atoms with Crippen LogP contribution >= 0.6 is 0 Å². The number of fused-ring (bicyclic) bond motifs is 2. The molecular formula is C55H96N6O13. The molecule has 2 saturated heterocycles. The van der Waals surface area contributed by atoms with Crippen LogP contribution in [-0.2, 0) is 47.7 Å². The highest BCUT2D eigenvalue weighted by molar-refractivity contribution is 5.96. The molecule has 6 fully saturated rings. The van der Waals surface area contributed by atoms with E-state index < -0.39 is 81.4 Å². The standard InChI is InChI=1S/C27H45N3O6.C19H32N2O5.C8H15NO2.CH4/c1-11-35-22(33)27(12-15(2)13-27)29-20(31)18-17-16(26(17,9)10)14-30(18)21(32)19(24(3,4)5)28-23(34)36-25(6,7)8;1-17(2,3)13(20-16(25)26-18(4,5)6)14(22)21-9-10-11(19(10,7)8)12(21)15(23)24;1-3-11-7(10)8(9)4-6(2)5-8;/h15-19H,11-14H2,1-10H3,(H,28,34)(H,29,31);10-13H,9H2,1-8H3,(H,20,25)(H,23,24);6H,3-5,9H2,1-2H3;1H4/t15?,16-,17-,18-,19+,27?;10-,11-,12-,13+;;/m00../s1. The van der Waals surface area contributed by atoms with Crippen LogP contribution in [0.5, 0.6) is 0 Å². The zero-order valence-electron chi connectivity index (χ0n) is 47.7. The fourth-order valence-electron chi connectivity index (χ4n) is 11.7. The quantitative estimate of drug-likeness (QED) is 0.103. The number of alkyl carbamates (subject to hydrolysis) is 2. The number of rotatable bonds is 11. The summed E-state index contributed by atoms with van der Waals surface area (Å²) in [6, 6.07) is -3.30. The van der Waals surface area contributed by atoms with Crippen molar-refractivity contribution < 1.29 is 62.4 Å². The van der Waals surface area contributed by atoms with Gasteiger partial charge >= 0.3 is 30.1 Å². The Morgan fingerprint density at radius 2 is 0.959 bits per heavy atom. The molecule has 19 nitrogen and oxygen atoms in total. The monoisotopic (exact) mass is 1050 g/mol. The highest BCUT2D eigenvalue weighted by Gasteiger charge is 2.71. The SMILES string of the molecule is C.CC(C)(C)OC(=O)N[C@H](C(=O)N1C[C@H]2[C@@H]([C@H]1C(=O)O)C2(C)C)C(C)(C)C.CCOC(=O)C1(N)CC(C)C1.CCOC(=O)C1(NC(=O)[C@@H]2[C@@H]3[C@H](CN2C(=O)[C@@H](NC(=O)OC(C)(C)C)C(C)(C)C)C3(C)C)CC(C)C1. The summed E-state index contributed by atoms with van der Waals surface area (Å²) in [5.74, 6) is -1.46. The Morgan fingerprint density at radius 3 is 1.28 bits per heavy atom. The number of carboxylic acids is 1. The first-order valence-electron chi connectivity index (χ1n) is 26.3. The number of carboxylic acid groups (broad SMARTS) is 1. The summed E-state index contributed by atoms with van der Waals surface area (Å²) in [4.78, 5) is 104. The van der Waals surface area contributed by atoms with Crippen LogP contribution in [0.25, 0.3) is 0 Å². The molecule has 0 aromatic heterocycles. The number of piperidine rings is 2. The average Bonchev–Trinajstić information content (AvgIpc) is 3.65. The molecule has 0 aromatic rings. The third kappa shape index (κ3) is 14.2. The van der Waals surface area contributed by atoms with Crippen molar-refractivity contribution in [2.45, 2.75) is 218 Å². The van der Waals surface area contributed by atoms with Crippen molar-refractivity contribution in [1.82, 2.24) is 25.8 Å². The molecule has 0 unspecified atom stereocenters. The molecule has 6 N–H and O–H groups in total. The molecule has 2 aliphatic heterocycles. The second kappa shape index (κ2) is 22.1. The van der Waals surface area contributed by atoms with Crippen molar-refractivity contribution in [3.63, 3.8) is 0 Å². The Hall–Kier alpha value is -4.68. The Balaban J connectivity index is 0.000000330. The molecule has 0 spiro atoms. The number of nitrogens with two attached hydrogens (primary N) is 1. The van der Waals surface area contributed by atoms with Gasteiger partial charge < -0.3 is 55.5 Å². The lowest BCUT2D eigenvalue weighted by Gasteiger charge is -2.45. The van der Waals surface area contributed by atoms with Crippen molar-refractivity contribution in [3.8, 4) is 0 Å². The molecule has 0 bridgehead atoms. The maximum absolute atomic E-state index is 13.9. The summed E-state index contributed by atoms with van der Waals surface area (Å²) in [6.07, 6.45) is 1.21. The maximum atomic E-state index is 13.9. The van der Waals surface area contributed by atoms with Crippen LogP contribution < -0.4 is 21.7 Å². The zero-order chi connectivity index (χ0) is 56.2. The Bertz CT molecular complexity index is 2100. The Kier molecular flexibility index (Phi) is 19.0. The topological polar surface area (TPSA) is 262 Å². The molecule has 4 saturated carbocycles. The van der Waals surface area contributed by atoms with Gasteiger partial charge in [0.1, 0.15) is 46.4 Å². The molecule has 74 heavy (non-hydrogen) atoms. The van der Waals surface area contributed by atoms with Crippen LogP contribution in [0.15, 0.2) is 0 Å². The van der Waals surface area contributed by atoms with Gasteiger partial charge in [-0.3, -0.25) is 19.2 Å². The van der Waals surface area contributed by atoms with Gasteiger partial charge in [0.2, 0.25) is 17.7 Å². The van der Waals surface area contributed by atoms with Crippen molar-refractivity contribution in [2.75, 3.05) is 26.3 Å². The van der Waals surface area contributed by atoms with E-state index in [1.54, 1.807) is 60.3 Å². The second-order valence-corrected chi connectivity index (χ2v) is 27.2. The molecule has 6 rings (SSSR count). The Labute approximate surface area is 441 Å². The first-order chi connectivity index (χ1) is 33.0. The summed E-state index contributed by atoms with van der Waals surface area (Å²) in [7, 11) is 0. The molecule has 19 heteroatoms. The minimum Gasteiger partial charge on any atom is -0.480 e. The summed E-state index contributed by atoms with van der Waals surface area (Å²) in [5, 5.41) is 18.1. The van der Waals surface area contributed by atoms with Crippen LogP contribution in [0, 0.1) is 57.2 Å².